The van der Waals surface area contributed by atoms with Crippen molar-refractivity contribution in [3.05, 3.63) is 66.0 Å². The number of nitrogens with one attached hydrogen (secondary N) is 2. The molecule has 10 heteroatoms. The molecule has 0 saturated heterocycles. The molecule has 32 heavy (non-hydrogen) atoms. The number of alkyl halides is 4. The summed E-state index contributed by atoms with van der Waals surface area (Å²) in [7, 11) is 0. The molecule has 0 fully saturated rings. The zero-order chi connectivity index (χ0) is 23.3. The lowest BCUT2D eigenvalue weighted by atomic mass is 9.99. The molecule has 1 aromatic heterocycles. The van der Waals surface area contributed by atoms with Crippen LogP contribution >= 0.6 is 0 Å². The summed E-state index contributed by atoms with van der Waals surface area (Å²) in [5.74, 6) is -0.169. The maximum Gasteiger partial charge on any atom is 0.418 e. The number of para-hydroxylation sites is 1. The van der Waals surface area contributed by atoms with Crippen LogP contribution in [0.15, 0.2) is 54.7 Å². The smallest absolute Gasteiger partial charge is 0.308 e. The van der Waals surface area contributed by atoms with Crippen LogP contribution in [-0.2, 0) is 6.18 Å². The van der Waals surface area contributed by atoms with Gasteiger partial charge in [-0.25, -0.2) is 13.9 Å². The Bertz CT molecular complexity index is 1050. The van der Waals surface area contributed by atoms with Crippen LogP contribution in [0.4, 0.5) is 33.7 Å². The van der Waals surface area contributed by atoms with E-state index in [-0.39, 0.29) is 17.3 Å². The number of rotatable bonds is 7. The molecule has 0 spiro atoms. The Labute approximate surface area is 182 Å². The molecule has 0 aliphatic heterocycles. The molecule has 6 nitrogen and oxygen atoms in total. The molecule has 3 rings (SSSR count). The lowest BCUT2D eigenvalue weighted by molar-refractivity contribution is -0.136. The van der Waals surface area contributed by atoms with Crippen LogP contribution in [0.5, 0.6) is 0 Å². The molecule has 0 bridgehead atoms. The lowest BCUT2D eigenvalue weighted by Crippen LogP contribution is -2.21. The van der Waals surface area contributed by atoms with Gasteiger partial charge >= 0.3 is 12.2 Å². The maximum atomic E-state index is 14.5. The SMILES string of the molecule is CCCC(C)C(F)c1cn(-c2ccc(NC(=O)Nc3ccccc3C(F)(F)F)cc2)nn1. The number of nitrogens with zero attached hydrogens (tertiary/aromatic N) is 3. The Morgan fingerprint density at radius 3 is 2.44 bits per heavy atom. The van der Waals surface area contributed by atoms with Crippen LogP contribution in [-0.4, -0.2) is 21.0 Å². The molecule has 2 unspecified atom stereocenters. The quantitative estimate of drug-likeness (QED) is 0.411. The summed E-state index contributed by atoms with van der Waals surface area (Å²) in [5.41, 5.74) is -0.0893. The Kier molecular flexibility index (Phi) is 7.12. The number of benzene rings is 2. The summed E-state index contributed by atoms with van der Waals surface area (Å²) < 4.78 is 55.1. The van der Waals surface area contributed by atoms with Gasteiger partial charge in [-0.2, -0.15) is 13.2 Å². The van der Waals surface area contributed by atoms with Gasteiger partial charge in [-0.15, -0.1) is 5.10 Å². The molecule has 2 aromatic carbocycles. The molecule has 2 N–H and O–H groups in total. The van der Waals surface area contributed by atoms with Gasteiger partial charge in [0.2, 0.25) is 0 Å². The number of hydrogen-bond acceptors (Lipinski definition) is 3. The monoisotopic (exact) mass is 449 g/mol. The van der Waals surface area contributed by atoms with E-state index < -0.39 is 23.9 Å². The second-order valence-corrected chi connectivity index (χ2v) is 7.43. The summed E-state index contributed by atoms with van der Waals surface area (Å²) in [4.78, 5) is 12.2. The highest BCUT2D eigenvalue weighted by atomic mass is 19.4. The van der Waals surface area contributed by atoms with Gasteiger partial charge in [-0.1, -0.05) is 37.6 Å². The number of amides is 2. The van der Waals surface area contributed by atoms with E-state index in [2.05, 4.69) is 20.9 Å². The van der Waals surface area contributed by atoms with Crippen molar-refractivity contribution >= 4 is 17.4 Å². The highest BCUT2D eigenvalue weighted by Crippen LogP contribution is 2.34. The number of aromatic nitrogens is 3. The lowest BCUT2D eigenvalue weighted by Gasteiger charge is -2.14. The van der Waals surface area contributed by atoms with Crippen LogP contribution in [0.1, 0.15) is 44.1 Å². The summed E-state index contributed by atoms with van der Waals surface area (Å²) in [5, 5.41) is 12.5. The number of carbonyl (C=O) groups is 1. The molecule has 2 atom stereocenters. The van der Waals surface area contributed by atoms with Crippen molar-refractivity contribution in [3.8, 4) is 5.69 Å². The van der Waals surface area contributed by atoms with Gasteiger partial charge in [0.25, 0.3) is 0 Å². The minimum atomic E-state index is -4.59. The summed E-state index contributed by atoms with van der Waals surface area (Å²) in [6.45, 7) is 3.82. The first-order valence-electron chi connectivity index (χ1n) is 10.1. The van der Waals surface area contributed by atoms with Crippen molar-refractivity contribution in [1.82, 2.24) is 15.0 Å². The van der Waals surface area contributed by atoms with Gasteiger partial charge in [0, 0.05) is 5.69 Å². The van der Waals surface area contributed by atoms with Gasteiger partial charge in [-0.05, 0) is 48.7 Å². The molecule has 170 valence electrons. The number of carbonyl (C=O) groups excluding carboxylic acids is 1. The molecule has 0 aliphatic carbocycles. The normalized spacial score (nSPS) is 13.4. The Balaban J connectivity index is 1.65. The van der Waals surface area contributed by atoms with Crippen LogP contribution in [0, 0.1) is 5.92 Å². The number of halogens is 4. The predicted octanol–water partition coefficient (Wildman–Crippen LogP) is 6.38. The highest BCUT2D eigenvalue weighted by molar-refractivity contribution is 6.00. The van der Waals surface area contributed by atoms with Gasteiger partial charge < -0.3 is 10.6 Å². The van der Waals surface area contributed by atoms with Crippen LogP contribution in [0.3, 0.4) is 0 Å². The predicted molar refractivity (Wildman–Crippen MR) is 113 cm³/mol. The molecule has 1 heterocycles. The van der Waals surface area contributed by atoms with E-state index in [1.54, 1.807) is 24.3 Å². The third-order valence-corrected chi connectivity index (χ3v) is 4.91. The number of urea groups is 1. The van der Waals surface area contributed by atoms with Crippen molar-refractivity contribution in [1.29, 1.82) is 0 Å². The third kappa shape index (κ3) is 5.63. The molecule has 0 radical (unpaired) electrons. The minimum Gasteiger partial charge on any atom is -0.308 e. The van der Waals surface area contributed by atoms with E-state index in [0.717, 1.165) is 18.9 Å². The zero-order valence-electron chi connectivity index (χ0n) is 17.5. The van der Waals surface area contributed by atoms with Crippen LogP contribution in [0.25, 0.3) is 5.69 Å². The second kappa shape index (κ2) is 9.80. The zero-order valence-corrected chi connectivity index (χ0v) is 17.5. The fourth-order valence-corrected chi connectivity index (χ4v) is 3.24. The van der Waals surface area contributed by atoms with Crippen molar-refractivity contribution in [2.75, 3.05) is 10.6 Å². The first-order chi connectivity index (χ1) is 15.2. The number of hydrogen-bond donors (Lipinski definition) is 2. The highest BCUT2D eigenvalue weighted by Gasteiger charge is 2.33. The largest absolute Gasteiger partial charge is 0.418 e. The van der Waals surface area contributed by atoms with Gasteiger partial charge in [0.1, 0.15) is 11.9 Å². The first kappa shape index (κ1) is 23.2. The first-order valence-corrected chi connectivity index (χ1v) is 10.1. The van der Waals surface area contributed by atoms with E-state index in [9.17, 15) is 22.4 Å². The van der Waals surface area contributed by atoms with Crippen molar-refractivity contribution in [2.45, 2.75) is 39.0 Å². The van der Waals surface area contributed by atoms with Crippen molar-refractivity contribution in [2.24, 2.45) is 5.92 Å². The molecule has 0 saturated carbocycles. The maximum absolute atomic E-state index is 14.5. The topological polar surface area (TPSA) is 71.8 Å². The van der Waals surface area contributed by atoms with E-state index >= 15 is 0 Å². The summed E-state index contributed by atoms with van der Waals surface area (Å²) in [6, 6.07) is 10.3. The fourth-order valence-electron chi connectivity index (χ4n) is 3.24. The Morgan fingerprint density at radius 1 is 1.09 bits per heavy atom. The molecule has 0 aliphatic rings. The van der Waals surface area contributed by atoms with Gasteiger partial charge in [0.15, 0.2) is 0 Å². The average Bonchev–Trinajstić information content (AvgIpc) is 3.23. The van der Waals surface area contributed by atoms with Gasteiger partial charge in [-0.3, -0.25) is 0 Å². The van der Waals surface area contributed by atoms with Crippen LogP contribution in [0.2, 0.25) is 0 Å². The third-order valence-electron chi connectivity index (χ3n) is 4.91. The number of anilines is 2. The fraction of sp³-hybridized carbons (Fsp3) is 0.318. The Morgan fingerprint density at radius 2 is 1.78 bits per heavy atom. The minimum absolute atomic E-state index is 0.169. The van der Waals surface area contributed by atoms with E-state index in [1.807, 2.05) is 13.8 Å². The summed E-state index contributed by atoms with van der Waals surface area (Å²) in [6.07, 6.45) is -2.67. The molecular weight excluding hydrogens is 426 g/mol. The Hall–Kier alpha value is -3.43. The van der Waals surface area contributed by atoms with E-state index in [0.29, 0.717) is 11.4 Å². The molecular formula is C22H23F4N5O. The molecule has 2 amide bonds. The van der Waals surface area contributed by atoms with Crippen molar-refractivity contribution < 1.29 is 22.4 Å². The van der Waals surface area contributed by atoms with Gasteiger partial charge in [0.05, 0.1) is 23.1 Å². The standard InChI is InChI=1S/C22H23F4N5O/c1-3-6-14(2)20(23)19-13-31(30-29-19)16-11-9-15(10-12-16)27-21(32)28-18-8-5-4-7-17(18)22(24,25)26/h4-5,7-14,20H,3,6H2,1-2H3,(H2,27,28,32). The van der Waals surface area contributed by atoms with Crippen LogP contribution < -0.4 is 10.6 Å². The second-order valence-electron chi connectivity index (χ2n) is 7.43. The average molecular weight is 449 g/mol. The van der Waals surface area contributed by atoms with E-state index in [1.165, 1.54) is 29.1 Å². The molecule has 3 aromatic rings. The van der Waals surface area contributed by atoms with E-state index in [4.69, 9.17) is 0 Å². The summed E-state index contributed by atoms with van der Waals surface area (Å²) >= 11 is 0. The van der Waals surface area contributed by atoms with Crippen molar-refractivity contribution in [3.63, 3.8) is 0 Å².